The van der Waals surface area contributed by atoms with Crippen LogP contribution in [0.2, 0.25) is 0 Å². The van der Waals surface area contributed by atoms with Crippen molar-refractivity contribution in [3.05, 3.63) is 35.9 Å². The second-order valence-corrected chi connectivity index (χ2v) is 4.56. The van der Waals surface area contributed by atoms with Crippen molar-refractivity contribution >= 4 is 6.09 Å². The highest BCUT2D eigenvalue weighted by molar-refractivity contribution is 5.68. The zero-order valence-electron chi connectivity index (χ0n) is 10.3. The average molecular weight is 271 g/mol. The Kier molecular flexibility index (Phi) is 3.99. The Labute approximate surface area is 109 Å². The van der Waals surface area contributed by atoms with E-state index in [1.165, 1.54) is 0 Å². The molecule has 0 saturated carbocycles. The molecule has 2 rings (SSSR count). The van der Waals surface area contributed by atoms with Crippen molar-refractivity contribution in [3.8, 4) is 0 Å². The number of aliphatic hydroxyl groups is 1. The minimum Gasteiger partial charge on any atom is -0.445 e. The molecule has 0 spiro atoms. The molecule has 1 saturated heterocycles. The highest BCUT2D eigenvalue weighted by Crippen LogP contribution is 2.32. The van der Waals surface area contributed by atoms with Crippen molar-refractivity contribution < 1.29 is 23.4 Å². The van der Waals surface area contributed by atoms with Gasteiger partial charge in [0.05, 0.1) is 19.1 Å². The van der Waals surface area contributed by atoms with Crippen LogP contribution in [0.15, 0.2) is 30.3 Å². The van der Waals surface area contributed by atoms with Crippen molar-refractivity contribution in [3.63, 3.8) is 0 Å². The molecule has 1 atom stereocenters. The third-order valence-electron chi connectivity index (χ3n) is 3.12. The largest absolute Gasteiger partial charge is 0.445 e. The molecule has 1 fully saturated rings. The summed E-state index contributed by atoms with van der Waals surface area (Å²) in [6, 6.07) is 8.99. The van der Waals surface area contributed by atoms with Gasteiger partial charge in [-0.2, -0.15) is 0 Å². The fraction of sp³-hybridized carbons (Fsp3) is 0.462. The van der Waals surface area contributed by atoms with Gasteiger partial charge in [-0.25, -0.2) is 13.6 Å². The summed E-state index contributed by atoms with van der Waals surface area (Å²) in [5.41, 5.74) is 0.792. The van der Waals surface area contributed by atoms with Crippen LogP contribution in [0.1, 0.15) is 5.56 Å². The lowest BCUT2D eigenvalue weighted by Crippen LogP contribution is -2.32. The Balaban J connectivity index is 1.88. The van der Waals surface area contributed by atoms with Crippen molar-refractivity contribution in [2.45, 2.75) is 12.5 Å². The molecule has 6 heteroatoms. The summed E-state index contributed by atoms with van der Waals surface area (Å²) in [5, 5.41) is 8.85. The first-order chi connectivity index (χ1) is 9.03. The lowest BCUT2D eigenvalue weighted by molar-refractivity contribution is -0.0431. The summed E-state index contributed by atoms with van der Waals surface area (Å²) in [7, 11) is 0. The smallest absolute Gasteiger partial charge is 0.410 e. The van der Waals surface area contributed by atoms with E-state index in [9.17, 15) is 13.6 Å². The SMILES string of the molecule is O=C(OCc1ccccc1)N1CC(CO)C(F)(F)C1. The lowest BCUT2D eigenvalue weighted by atomic mass is 10.1. The number of amides is 1. The van der Waals surface area contributed by atoms with Gasteiger partial charge < -0.3 is 14.7 Å². The molecule has 1 aliphatic rings. The lowest BCUT2D eigenvalue weighted by Gasteiger charge is -2.15. The van der Waals surface area contributed by atoms with Crippen LogP contribution in [0.5, 0.6) is 0 Å². The molecule has 0 radical (unpaired) electrons. The van der Waals surface area contributed by atoms with Crippen LogP contribution >= 0.6 is 0 Å². The number of benzene rings is 1. The van der Waals surface area contributed by atoms with E-state index in [0.717, 1.165) is 10.5 Å². The highest BCUT2D eigenvalue weighted by Gasteiger charge is 2.49. The highest BCUT2D eigenvalue weighted by atomic mass is 19.3. The van der Waals surface area contributed by atoms with Crippen molar-refractivity contribution in [2.75, 3.05) is 19.7 Å². The molecular weight excluding hydrogens is 256 g/mol. The van der Waals surface area contributed by atoms with E-state index in [1.807, 2.05) is 6.07 Å². The number of aliphatic hydroxyl groups excluding tert-OH is 1. The minimum absolute atomic E-state index is 0.0472. The van der Waals surface area contributed by atoms with E-state index < -0.39 is 31.1 Å². The Morgan fingerprint density at radius 1 is 1.42 bits per heavy atom. The van der Waals surface area contributed by atoms with Gasteiger partial charge in [0.15, 0.2) is 0 Å². The quantitative estimate of drug-likeness (QED) is 0.913. The third-order valence-corrected chi connectivity index (χ3v) is 3.12. The molecule has 0 aliphatic carbocycles. The molecule has 19 heavy (non-hydrogen) atoms. The summed E-state index contributed by atoms with van der Waals surface area (Å²) < 4.78 is 31.7. The molecule has 0 aromatic heterocycles. The van der Waals surface area contributed by atoms with Gasteiger partial charge in [0.2, 0.25) is 0 Å². The number of carbonyl (C=O) groups is 1. The second kappa shape index (κ2) is 5.52. The van der Waals surface area contributed by atoms with E-state index in [-0.39, 0.29) is 13.2 Å². The number of halogens is 2. The molecule has 1 aromatic carbocycles. The number of rotatable bonds is 3. The topological polar surface area (TPSA) is 49.8 Å². The Morgan fingerprint density at radius 3 is 2.68 bits per heavy atom. The number of carbonyl (C=O) groups excluding carboxylic acids is 1. The number of nitrogens with zero attached hydrogens (tertiary/aromatic N) is 1. The molecule has 1 heterocycles. The van der Waals surface area contributed by atoms with Crippen LogP contribution in [0.4, 0.5) is 13.6 Å². The van der Waals surface area contributed by atoms with E-state index in [0.29, 0.717) is 0 Å². The summed E-state index contributed by atoms with van der Waals surface area (Å²) in [4.78, 5) is 12.6. The first-order valence-corrected chi connectivity index (χ1v) is 5.97. The van der Waals surface area contributed by atoms with Crippen LogP contribution in [-0.2, 0) is 11.3 Å². The Bertz CT molecular complexity index is 439. The second-order valence-electron chi connectivity index (χ2n) is 4.56. The van der Waals surface area contributed by atoms with Crippen LogP contribution in [0.3, 0.4) is 0 Å². The van der Waals surface area contributed by atoms with E-state index in [2.05, 4.69) is 0 Å². The Morgan fingerprint density at radius 2 is 2.11 bits per heavy atom. The van der Waals surface area contributed by atoms with Crippen molar-refractivity contribution in [2.24, 2.45) is 5.92 Å². The van der Waals surface area contributed by atoms with Gasteiger partial charge >= 0.3 is 6.09 Å². The number of hydrogen-bond acceptors (Lipinski definition) is 3. The summed E-state index contributed by atoms with van der Waals surface area (Å²) >= 11 is 0. The summed E-state index contributed by atoms with van der Waals surface area (Å²) in [5.74, 6) is -4.27. The van der Waals surface area contributed by atoms with Gasteiger partial charge in [0, 0.05) is 6.54 Å². The van der Waals surface area contributed by atoms with E-state index >= 15 is 0 Å². The predicted octanol–water partition coefficient (Wildman–Crippen LogP) is 1.88. The number of likely N-dealkylation sites (tertiary alicyclic amines) is 1. The summed E-state index contributed by atoms with van der Waals surface area (Å²) in [6.45, 7) is -1.48. The molecule has 0 bridgehead atoms. The van der Waals surface area contributed by atoms with Crippen LogP contribution in [0.25, 0.3) is 0 Å². The maximum absolute atomic E-state index is 13.4. The average Bonchev–Trinajstić information content (AvgIpc) is 2.72. The van der Waals surface area contributed by atoms with Gasteiger partial charge in [0.1, 0.15) is 6.61 Å². The zero-order valence-corrected chi connectivity index (χ0v) is 10.3. The van der Waals surface area contributed by atoms with Gasteiger partial charge in [0.25, 0.3) is 5.92 Å². The van der Waals surface area contributed by atoms with Gasteiger partial charge in [-0.05, 0) is 5.56 Å². The van der Waals surface area contributed by atoms with Crippen LogP contribution < -0.4 is 0 Å². The molecule has 104 valence electrons. The first-order valence-electron chi connectivity index (χ1n) is 5.97. The fourth-order valence-corrected chi connectivity index (χ4v) is 1.99. The molecule has 1 amide bonds. The van der Waals surface area contributed by atoms with Crippen LogP contribution in [0, 0.1) is 5.92 Å². The monoisotopic (exact) mass is 271 g/mol. The summed E-state index contributed by atoms with van der Waals surface area (Å²) in [6.07, 6.45) is -0.778. The van der Waals surface area contributed by atoms with E-state index in [1.54, 1.807) is 24.3 Å². The normalized spacial score (nSPS) is 21.4. The number of hydrogen-bond donors (Lipinski definition) is 1. The van der Waals surface area contributed by atoms with Gasteiger partial charge in [-0.15, -0.1) is 0 Å². The van der Waals surface area contributed by atoms with E-state index in [4.69, 9.17) is 9.84 Å². The third kappa shape index (κ3) is 3.20. The van der Waals surface area contributed by atoms with Gasteiger partial charge in [-0.1, -0.05) is 30.3 Å². The molecule has 1 aromatic rings. The number of alkyl halides is 2. The van der Waals surface area contributed by atoms with Crippen molar-refractivity contribution in [1.29, 1.82) is 0 Å². The standard InChI is InChI=1S/C13H15F2NO3/c14-13(15)9-16(6-11(13)7-17)12(18)19-8-10-4-2-1-3-5-10/h1-5,11,17H,6-9H2. The van der Waals surface area contributed by atoms with Crippen LogP contribution in [-0.4, -0.2) is 41.7 Å². The molecule has 1 N–H and O–H groups in total. The number of ether oxygens (including phenoxy) is 1. The maximum atomic E-state index is 13.4. The first kappa shape index (κ1) is 13.7. The maximum Gasteiger partial charge on any atom is 0.410 e. The minimum atomic E-state index is -3.06. The van der Waals surface area contributed by atoms with Crippen molar-refractivity contribution in [1.82, 2.24) is 4.90 Å². The molecular formula is C13H15F2NO3. The van der Waals surface area contributed by atoms with Gasteiger partial charge in [-0.3, -0.25) is 0 Å². The molecule has 4 nitrogen and oxygen atoms in total. The zero-order chi connectivity index (χ0) is 13.9. The molecule has 1 unspecified atom stereocenters. The fourth-order valence-electron chi connectivity index (χ4n) is 1.99. The predicted molar refractivity (Wildman–Crippen MR) is 63.7 cm³/mol. The Hall–Kier alpha value is -1.69. The molecule has 1 aliphatic heterocycles.